The monoisotopic (exact) mass is 246 g/mol. The van der Waals surface area contributed by atoms with Crippen molar-refractivity contribution < 1.29 is 0 Å². The highest BCUT2D eigenvalue weighted by Gasteiger charge is 2.11. The second-order valence-electron chi connectivity index (χ2n) is 4.16. The van der Waals surface area contributed by atoms with Gasteiger partial charge in [-0.1, -0.05) is 0 Å². The SMILES string of the molecule is Nc1nc(/C=C/c2ncc3n2CCCC3)cs1. The van der Waals surface area contributed by atoms with E-state index in [2.05, 4.69) is 14.5 Å². The minimum atomic E-state index is 0.606. The van der Waals surface area contributed by atoms with E-state index in [-0.39, 0.29) is 0 Å². The summed E-state index contributed by atoms with van der Waals surface area (Å²) in [5.74, 6) is 1.02. The van der Waals surface area contributed by atoms with Crippen LogP contribution in [0.1, 0.15) is 30.1 Å². The van der Waals surface area contributed by atoms with Crippen molar-refractivity contribution in [3.05, 3.63) is 28.8 Å². The molecule has 0 saturated heterocycles. The summed E-state index contributed by atoms with van der Waals surface area (Å²) in [7, 11) is 0. The molecule has 0 amide bonds. The number of thiazole rings is 1. The smallest absolute Gasteiger partial charge is 0.180 e. The molecule has 1 aliphatic heterocycles. The lowest BCUT2D eigenvalue weighted by atomic mass is 10.1. The van der Waals surface area contributed by atoms with E-state index in [4.69, 9.17) is 5.73 Å². The van der Waals surface area contributed by atoms with Crippen LogP contribution in [0.15, 0.2) is 11.6 Å². The van der Waals surface area contributed by atoms with Crippen LogP contribution in [0.3, 0.4) is 0 Å². The Morgan fingerprint density at radius 1 is 1.35 bits per heavy atom. The lowest BCUT2D eigenvalue weighted by molar-refractivity contribution is 0.529. The highest BCUT2D eigenvalue weighted by Crippen LogP contribution is 2.18. The Balaban J connectivity index is 1.85. The van der Waals surface area contributed by atoms with E-state index in [0.717, 1.165) is 24.5 Å². The zero-order chi connectivity index (χ0) is 11.7. The van der Waals surface area contributed by atoms with Crippen LogP contribution in [-0.4, -0.2) is 14.5 Å². The van der Waals surface area contributed by atoms with Gasteiger partial charge in [0.1, 0.15) is 5.82 Å². The van der Waals surface area contributed by atoms with E-state index in [1.807, 2.05) is 23.7 Å². The number of nitrogens with two attached hydrogens (primary N) is 1. The van der Waals surface area contributed by atoms with E-state index < -0.39 is 0 Å². The number of nitrogens with zero attached hydrogens (tertiary/aromatic N) is 3. The first-order valence-electron chi connectivity index (χ1n) is 5.76. The van der Waals surface area contributed by atoms with Gasteiger partial charge in [-0.15, -0.1) is 11.3 Å². The molecule has 0 unspecified atom stereocenters. The van der Waals surface area contributed by atoms with Crippen LogP contribution in [0.4, 0.5) is 5.13 Å². The van der Waals surface area contributed by atoms with Crippen molar-refractivity contribution in [2.75, 3.05) is 5.73 Å². The Morgan fingerprint density at radius 2 is 2.29 bits per heavy atom. The summed E-state index contributed by atoms with van der Waals surface area (Å²) in [6.45, 7) is 1.08. The normalized spacial score (nSPS) is 15.3. The molecule has 88 valence electrons. The molecular formula is C12H14N4S. The molecule has 1 aliphatic rings. The van der Waals surface area contributed by atoms with Crippen molar-refractivity contribution in [2.45, 2.75) is 25.8 Å². The summed E-state index contributed by atoms with van der Waals surface area (Å²) in [5, 5.41) is 2.56. The van der Waals surface area contributed by atoms with Crippen molar-refractivity contribution in [1.29, 1.82) is 0 Å². The van der Waals surface area contributed by atoms with Gasteiger partial charge in [-0.3, -0.25) is 0 Å². The van der Waals surface area contributed by atoms with Gasteiger partial charge in [-0.2, -0.15) is 0 Å². The van der Waals surface area contributed by atoms with Crippen LogP contribution in [0, 0.1) is 0 Å². The Labute approximate surface area is 104 Å². The molecule has 4 nitrogen and oxygen atoms in total. The molecule has 0 aliphatic carbocycles. The molecular weight excluding hydrogens is 232 g/mol. The van der Waals surface area contributed by atoms with E-state index >= 15 is 0 Å². The lowest BCUT2D eigenvalue weighted by Gasteiger charge is -2.14. The molecule has 2 N–H and O–H groups in total. The summed E-state index contributed by atoms with van der Waals surface area (Å²) in [5.41, 5.74) is 7.84. The maximum absolute atomic E-state index is 5.59. The highest BCUT2D eigenvalue weighted by atomic mass is 32.1. The van der Waals surface area contributed by atoms with Gasteiger partial charge in [0.05, 0.1) is 5.69 Å². The molecule has 0 spiro atoms. The number of aryl methyl sites for hydroxylation is 1. The molecule has 0 radical (unpaired) electrons. The number of imidazole rings is 1. The first kappa shape index (κ1) is 10.5. The first-order valence-corrected chi connectivity index (χ1v) is 6.64. The number of anilines is 1. The average molecular weight is 246 g/mol. The number of fused-ring (bicyclic) bond motifs is 1. The summed E-state index contributed by atoms with van der Waals surface area (Å²) in [6.07, 6.45) is 9.63. The minimum absolute atomic E-state index is 0.606. The molecule has 5 heteroatoms. The standard InChI is InChI=1S/C12H14N4S/c13-12-15-9(8-17-12)4-5-11-14-7-10-3-1-2-6-16(10)11/h4-5,7-8H,1-3,6H2,(H2,13,15)/b5-4+. The lowest BCUT2D eigenvalue weighted by Crippen LogP contribution is -2.10. The molecule has 0 bridgehead atoms. The molecule has 0 aromatic carbocycles. The van der Waals surface area contributed by atoms with E-state index in [0.29, 0.717) is 5.13 Å². The van der Waals surface area contributed by atoms with Crippen LogP contribution < -0.4 is 5.73 Å². The number of hydrogen-bond donors (Lipinski definition) is 1. The van der Waals surface area contributed by atoms with Crippen LogP contribution in [0.2, 0.25) is 0 Å². The summed E-state index contributed by atoms with van der Waals surface area (Å²) < 4.78 is 2.29. The summed E-state index contributed by atoms with van der Waals surface area (Å²) in [4.78, 5) is 8.63. The summed E-state index contributed by atoms with van der Waals surface area (Å²) >= 11 is 1.46. The zero-order valence-corrected chi connectivity index (χ0v) is 10.3. The topological polar surface area (TPSA) is 56.7 Å². The Bertz CT molecular complexity index is 553. The number of rotatable bonds is 2. The molecule has 3 rings (SSSR count). The predicted molar refractivity (Wildman–Crippen MR) is 70.6 cm³/mol. The highest BCUT2D eigenvalue weighted by molar-refractivity contribution is 7.13. The van der Waals surface area contributed by atoms with Crippen molar-refractivity contribution in [3.8, 4) is 0 Å². The van der Waals surface area contributed by atoms with E-state index in [1.165, 1.54) is 29.9 Å². The van der Waals surface area contributed by atoms with E-state index in [1.54, 1.807) is 0 Å². The summed E-state index contributed by atoms with van der Waals surface area (Å²) in [6, 6.07) is 0. The largest absolute Gasteiger partial charge is 0.375 e. The molecule has 0 atom stereocenters. The van der Waals surface area contributed by atoms with E-state index in [9.17, 15) is 0 Å². The molecule has 2 aromatic rings. The van der Waals surface area contributed by atoms with Crippen molar-refractivity contribution in [3.63, 3.8) is 0 Å². The number of hydrogen-bond acceptors (Lipinski definition) is 4. The Hall–Kier alpha value is -1.62. The maximum Gasteiger partial charge on any atom is 0.180 e. The van der Waals surface area contributed by atoms with Gasteiger partial charge in [0.15, 0.2) is 5.13 Å². The second-order valence-corrected chi connectivity index (χ2v) is 5.05. The van der Waals surface area contributed by atoms with Crippen molar-refractivity contribution in [1.82, 2.24) is 14.5 Å². The van der Waals surface area contributed by atoms with Crippen molar-refractivity contribution >= 4 is 28.6 Å². The fourth-order valence-corrected chi connectivity index (χ4v) is 2.66. The van der Waals surface area contributed by atoms with Crippen LogP contribution >= 0.6 is 11.3 Å². The Kier molecular flexibility index (Phi) is 2.68. The van der Waals surface area contributed by atoms with Gasteiger partial charge in [0.2, 0.25) is 0 Å². The average Bonchev–Trinajstić information content (AvgIpc) is 2.93. The number of aromatic nitrogens is 3. The van der Waals surface area contributed by atoms with Gasteiger partial charge < -0.3 is 10.3 Å². The van der Waals surface area contributed by atoms with Gasteiger partial charge >= 0.3 is 0 Å². The van der Waals surface area contributed by atoms with Gasteiger partial charge in [-0.25, -0.2) is 9.97 Å². The van der Waals surface area contributed by atoms with Gasteiger partial charge in [0.25, 0.3) is 0 Å². The quantitative estimate of drug-likeness (QED) is 0.885. The van der Waals surface area contributed by atoms with Crippen LogP contribution in [0.25, 0.3) is 12.2 Å². The third-order valence-electron chi connectivity index (χ3n) is 2.98. The number of nitrogen functional groups attached to an aromatic ring is 1. The third-order valence-corrected chi connectivity index (χ3v) is 3.67. The minimum Gasteiger partial charge on any atom is -0.375 e. The fraction of sp³-hybridized carbons (Fsp3) is 0.333. The van der Waals surface area contributed by atoms with Crippen LogP contribution in [-0.2, 0) is 13.0 Å². The maximum atomic E-state index is 5.59. The fourth-order valence-electron chi connectivity index (χ4n) is 2.13. The molecule has 3 heterocycles. The molecule has 2 aromatic heterocycles. The van der Waals surface area contributed by atoms with Crippen LogP contribution in [0.5, 0.6) is 0 Å². The van der Waals surface area contributed by atoms with Crippen molar-refractivity contribution in [2.24, 2.45) is 0 Å². The van der Waals surface area contributed by atoms with Gasteiger partial charge in [-0.05, 0) is 31.4 Å². The Morgan fingerprint density at radius 3 is 3.12 bits per heavy atom. The predicted octanol–water partition coefficient (Wildman–Crippen LogP) is 2.43. The second kappa shape index (κ2) is 4.33. The first-order chi connectivity index (χ1) is 8.33. The molecule has 0 fully saturated rings. The third kappa shape index (κ3) is 2.10. The molecule has 17 heavy (non-hydrogen) atoms. The zero-order valence-electron chi connectivity index (χ0n) is 9.47. The molecule has 0 saturated carbocycles. The van der Waals surface area contributed by atoms with Gasteiger partial charge in [0, 0.05) is 23.8 Å².